The van der Waals surface area contributed by atoms with E-state index in [1.165, 1.54) is 19.2 Å². The van der Waals surface area contributed by atoms with Gasteiger partial charge in [0.15, 0.2) is 0 Å². The number of hydrogen-bond donors (Lipinski definition) is 1. The molecule has 4 rings (SSSR count). The Labute approximate surface area is 184 Å². The molecule has 1 aliphatic heterocycles. The van der Waals surface area contributed by atoms with E-state index in [1.54, 1.807) is 36.4 Å². The van der Waals surface area contributed by atoms with Gasteiger partial charge in [-0.05, 0) is 67.9 Å². The predicted molar refractivity (Wildman–Crippen MR) is 115 cm³/mol. The zero-order valence-corrected chi connectivity index (χ0v) is 17.6. The Morgan fingerprint density at radius 1 is 1.19 bits per heavy atom. The molecule has 2 heterocycles. The normalized spacial score (nSPS) is 16.5. The van der Waals surface area contributed by atoms with Crippen molar-refractivity contribution in [3.63, 3.8) is 0 Å². The lowest BCUT2D eigenvalue weighted by Crippen LogP contribution is -2.39. The molecule has 1 aliphatic rings. The van der Waals surface area contributed by atoms with Crippen LogP contribution in [-0.2, 0) is 9.53 Å². The minimum Gasteiger partial charge on any atom is -0.465 e. The summed E-state index contributed by atoms with van der Waals surface area (Å²) >= 11 is 0. The molecule has 3 aromatic rings. The maximum absolute atomic E-state index is 13.1. The van der Waals surface area contributed by atoms with Crippen LogP contribution in [0.1, 0.15) is 35.0 Å². The molecule has 0 bridgehead atoms. The smallest absolute Gasteiger partial charge is 0.337 e. The maximum atomic E-state index is 13.1. The zero-order chi connectivity index (χ0) is 22.5. The van der Waals surface area contributed by atoms with Crippen molar-refractivity contribution in [3.05, 3.63) is 65.8 Å². The molecule has 0 radical (unpaired) electrons. The van der Waals surface area contributed by atoms with E-state index < -0.39 is 5.97 Å². The second kappa shape index (κ2) is 9.69. The average Bonchev–Trinajstić information content (AvgIpc) is 3.30. The lowest BCUT2D eigenvalue weighted by atomic mass is 9.98. The summed E-state index contributed by atoms with van der Waals surface area (Å²) in [5.41, 5.74) is 1.72. The molecule has 0 aliphatic carbocycles. The zero-order valence-electron chi connectivity index (χ0n) is 17.6. The number of anilines is 1. The topological polar surface area (TPSA) is 97.6 Å². The molecule has 1 unspecified atom stereocenters. The van der Waals surface area contributed by atoms with Gasteiger partial charge in [0, 0.05) is 17.8 Å². The third-order valence-electron chi connectivity index (χ3n) is 5.36. The lowest BCUT2D eigenvalue weighted by molar-refractivity contribution is -0.117. The first-order valence-corrected chi connectivity index (χ1v) is 10.3. The van der Waals surface area contributed by atoms with Crippen molar-refractivity contribution in [1.29, 1.82) is 0 Å². The van der Waals surface area contributed by atoms with Crippen molar-refractivity contribution in [2.45, 2.75) is 18.8 Å². The molecule has 1 N–H and O–H groups in total. The highest BCUT2D eigenvalue weighted by atomic mass is 19.1. The fourth-order valence-electron chi connectivity index (χ4n) is 3.73. The summed E-state index contributed by atoms with van der Waals surface area (Å²) in [5.74, 6) is 0.0774. The summed E-state index contributed by atoms with van der Waals surface area (Å²) in [6.45, 7) is 1.65. The summed E-state index contributed by atoms with van der Waals surface area (Å²) < 4.78 is 23.3. The number of nitrogens with zero attached hydrogens (tertiary/aromatic N) is 3. The number of benzene rings is 2. The van der Waals surface area contributed by atoms with Crippen LogP contribution in [0.3, 0.4) is 0 Å². The largest absolute Gasteiger partial charge is 0.465 e. The Morgan fingerprint density at radius 3 is 2.66 bits per heavy atom. The van der Waals surface area contributed by atoms with Crippen molar-refractivity contribution in [2.75, 3.05) is 32.1 Å². The number of amides is 1. The van der Waals surface area contributed by atoms with Crippen molar-refractivity contribution < 1.29 is 23.2 Å². The summed E-state index contributed by atoms with van der Waals surface area (Å²) in [6.07, 6.45) is 1.79. The van der Waals surface area contributed by atoms with Gasteiger partial charge in [0.2, 0.25) is 17.6 Å². The number of ether oxygens (including phenoxy) is 1. The Hall–Kier alpha value is -3.59. The van der Waals surface area contributed by atoms with Gasteiger partial charge in [-0.25, -0.2) is 9.18 Å². The third kappa shape index (κ3) is 5.17. The predicted octanol–water partition coefficient (Wildman–Crippen LogP) is 3.48. The van der Waals surface area contributed by atoms with Gasteiger partial charge < -0.3 is 14.6 Å². The highest BCUT2D eigenvalue weighted by molar-refractivity contribution is 5.94. The van der Waals surface area contributed by atoms with Crippen LogP contribution in [0.25, 0.3) is 11.4 Å². The summed E-state index contributed by atoms with van der Waals surface area (Å²) in [4.78, 5) is 30.5. The number of rotatable bonds is 6. The number of hydrogen-bond acceptors (Lipinski definition) is 7. The average molecular weight is 438 g/mol. The molecular weight excluding hydrogens is 415 g/mol. The molecule has 166 valence electrons. The Bertz CT molecular complexity index is 1080. The van der Waals surface area contributed by atoms with Crippen LogP contribution in [0.2, 0.25) is 0 Å². The minimum atomic E-state index is -0.425. The van der Waals surface area contributed by atoms with Crippen LogP contribution in [0, 0.1) is 5.82 Å². The van der Waals surface area contributed by atoms with Gasteiger partial charge in [-0.15, -0.1) is 0 Å². The number of aromatic nitrogens is 2. The number of likely N-dealkylation sites (tertiary alicyclic amines) is 1. The molecule has 9 heteroatoms. The van der Waals surface area contributed by atoms with Crippen LogP contribution in [0.5, 0.6) is 0 Å². The Morgan fingerprint density at radius 2 is 1.94 bits per heavy atom. The van der Waals surface area contributed by atoms with E-state index in [1.807, 2.05) is 4.90 Å². The quantitative estimate of drug-likeness (QED) is 0.589. The van der Waals surface area contributed by atoms with Gasteiger partial charge in [0.05, 0.1) is 25.1 Å². The van der Waals surface area contributed by atoms with E-state index in [-0.39, 0.29) is 24.2 Å². The molecule has 1 atom stereocenters. The van der Waals surface area contributed by atoms with E-state index in [2.05, 4.69) is 20.2 Å². The van der Waals surface area contributed by atoms with Crippen molar-refractivity contribution in [3.8, 4) is 11.4 Å². The minimum absolute atomic E-state index is 0.0255. The van der Waals surface area contributed by atoms with E-state index in [9.17, 15) is 14.0 Å². The third-order valence-corrected chi connectivity index (χ3v) is 5.36. The fraction of sp³-hybridized carbons (Fsp3) is 0.304. The number of nitrogens with one attached hydrogen (secondary N) is 1. The standard InChI is InChI=1S/C23H23FN4O4/c1-31-23(30)16-6-10-19(11-7-16)25-20(29)14-28-12-2-3-17(13-28)22-26-21(27-32-22)15-4-8-18(24)9-5-15/h4-11,17H,2-3,12-14H2,1H3,(H,25,29). The molecule has 32 heavy (non-hydrogen) atoms. The molecule has 8 nitrogen and oxygen atoms in total. The second-order valence-electron chi connectivity index (χ2n) is 7.65. The van der Waals surface area contributed by atoms with Crippen LogP contribution >= 0.6 is 0 Å². The van der Waals surface area contributed by atoms with Gasteiger partial charge in [-0.3, -0.25) is 9.69 Å². The maximum Gasteiger partial charge on any atom is 0.337 e. The van der Waals surface area contributed by atoms with Crippen LogP contribution < -0.4 is 5.32 Å². The summed E-state index contributed by atoms with van der Waals surface area (Å²) in [7, 11) is 1.32. The summed E-state index contributed by atoms with van der Waals surface area (Å²) in [5, 5.41) is 6.86. The van der Waals surface area contributed by atoms with Gasteiger partial charge in [-0.2, -0.15) is 4.98 Å². The first-order chi connectivity index (χ1) is 15.5. The molecule has 0 saturated carbocycles. The number of piperidine rings is 1. The first-order valence-electron chi connectivity index (χ1n) is 10.3. The highest BCUT2D eigenvalue weighted by Gasteiger charge is 2.27. The SMILES string of the molecule is COC(=O)c1ccc(NC(=O)CN2CCCC(c3nc(-c4ccc(F)cc4)no3)C2)cc1. The first kappa shape index (κ1) is 21.6. The molecule has 1 aromatic heterocycles. The van der Waals surface area contributed by atoms with Crippen molar-refractivity contribution in [1.82, 2.24) is 15.0 Å². The van der Waals surface area contributed by atoms with Crippen LogP contribution in [-0.4, -0.2) is 53.7 Å². The monoisotopic (exact) mass is 438 g/mol. The number of carbonyl (C=O) groups excluding carboxylic acids is 2. The number of carbonyl (C=O) groups is 2. The molecule has 2 aromatic carbocycles. The Kier molecular flexibility index (Phi) is 6.55. The van der Waals surface area contributed by atoms with E-state index >= 15 is 0 Å². The fourth-order valence-corrected chi connectivity index (χ4v) is 3.73. The van der Waals surface area contributed by atoms with Gasteiger partial charge in [-0.1, -0.05) is 5.16 Å². The van der Waals surface area contributed by atoms with Gasteiger partial charge in [0.25, 0.3) is 0 Å². The molecule has 1 amide bonds. The number of methoxy groups -OCH3 is 1. The lowest BCUT2D eigenvalue weighted by Gasteiger charge is -2.30. The summed E-state index contributed by atoms with van der Waals surface area (Å²) in [6, 6.07) is 12.5. The number of halogens is 1. The van der Waals surface area contributed by atoms with Gasteiger partial charge in [0.1, 0.15) is 5.82 Å². The second-order valence-corrected chi connectivity index (χ2v) is 7.65. The molecule has 1 fully saturated rings. The van der Waals surface area contributed by atoms with Crippen molar-refractivity contribution >= 4 is 17.6 Å². The van der Waals surface area contributed by atoms with Crippen molar-refractivity contribution in [2.24, 2.45) is 0 Å². The van der Waals surface area contributed by atoms with E-state index in [0.29, 0.717) is 35.1 Å². The van der Waals surface area contributed by atoms with Crippen LogP contribution in [0.15, 0.2) is 53.1 Å². The van der Waals surface area contributed by atoms with E-state index in [4.69, 9.17) is 4.52 Å². The van der Waals surface area contributed by atoms with E-state index in [0.717, 1.165) is 19.4 Å². The molecule has 1 saturated heterocycles. The Balaban J connectivity index is 1.33. The van der Waals surface area contributed by atoms with Crippen LogP contribution in [0.4, 0.5) is 10.1 Å². The van der Waals surface area contributed by atoms with Gasteiger partial charge >= 0.3 is 5.97 Å². The highest BCUT2D eigenvalue weighted by Crippen LogP contribution is 2.27. The molecular formula is C23H23FN4O4. The molecule has 0 spiro atoms. The number of esters is 1.